The predicted molar refractivity (Wildman–Crippen MR) is 108 cm³/mol. The number of hydrogen-bond acceptors (Lipinski definition) is 5. The molecule has 0 fully saturated rings. The number of thioether (sulfide) groups is 1. The third-order valence-electron chi connectivity index (χ3n) is 4.16. The summed E-state index contributed by atoms with van der Waals surface area (Å²) in [5.74, 6) is 0.676. The minimum absolute atomic E-state index is 0.0728. The predicted octanol–water partition coefficient (Wildman–Crippen LogP) is 4.43. The van der Waals surface area contributed by atoms with Crippen molar-refractivity contribution in [2.75, 3.05) is 11.1 Å². The first-order valence-electron chi connectivity index (χ1n) is 8.78. The molecule has 1 N–H and O–H groups in total. The molecular weight excluding hydrogens is 398 g/mol. The van der Waals surface area contributed by atoms with Crippen LogP contribution in [0, 0.1) is 13.8 Å². The topological polar surface area (TPSA) is 69.0 Å². The smallest absolute Gasteiger partial charge is 0.387 e. The fraction of sp³-hybridized carbons (Fsp3) is 0.250. The number of ether oxygens (including phenoxy) is 1. The Bertz CT molecular complexity index is 1010. The van der Waals surface area contributed by atoms with Crippen molar-refractivity contribution in [3.8, 4) is 17.1 Å². The molecule has 0 aliphatic carbocycles. The molecule has 29 heavy (non-hydrogen) atoms. The highest BCUT2D eigenvalue weighted by atomic mass is 32.2. The molecule has 1 amide bonds. The van der Waals surface area contributed by atoms with E-state index in [4.69, 9.17) is 0 Å². The molecule has 1 aromatic heterocycles. The summed E-state index contributed by atoms with van der Waals surface area (Å²) in [5, 5.41) is 11.7. The molecule has 3 aromatic rings. The molecule has 0 bridgehead atoms. The van der Waals surface area contributed by atoms with E-state index in [1.807, 2.05) is 32.0 Å². The first-order chi connectivity index (χ1) is 13.8. The van der Waals surface area contributed by atoms with Crippen molar-refractivity contribution in [2.24, 2.45) is 7.05 Å². The van der Waals surface area contributed by atoms with Crippen LogP contribution in [0.1, 0.15) is 11.1 Å². The van der Waals surface area contributed by atoms with Gasteiger partial charge < -0.3 is 14.6 Å². The number of anilines is 1. The zero-order chi connectivity index (χ0) is 21.0. The first-order valence-corrected chi connectivity index (χ1v) is 9.76. The van der Waals surface area contributed by atoms with Gasteiger partial charge in [-0.05, 0) is 49.7 Å². The van der Waals surface area contributed by atoms with Gasteiger partial charge in [-0.25, -0.2) is 0 Å². The second kappa shape index (κ2) is 9.04. The average molecular weight is 418 g/mol. The molecule has 2 aromatic carbocycles. The Kier molecular flexibility index (Phi) is 6.48. The Morgan fingerprint density at radius 2 is 1.90 bits per heavy atom. The fourth-order valence-corrected chi connectivity index (χ4v) is 3.46. The van der Waals surface area contributed by atoms with E-state index in [1.54, 1.807) is 23.7 Å². The van der Waals surface area contributed by atoms with Crippen LogP contribution < -0.4 is 10.1 Å². The Morgan fingerprint density at radius 3 is 2.55 bits per heavy atom. The van der Waals surface area contributed by atoms with Gasteiger partial charge in [-0.3, -0.25) is 4.79 Å². The molecule has 0 atom stereocenters. The Balaban J connectivity index is 1.62. The number of halogens is 2. The number of alkyl halides is 2. The van der Waals surface area contributed by atoms with E-state index in [1.165, 1.54) is 23.9 Å². The highest BCUT2D eigenvalue weighted by Gasteiger charge is 2.14. The maximum absolute atomic E-state index is 12.3. The van der Waals surface area contributed by atoms with E-state index in [2.05, 4.69) is 20.3 Å². The number of benzene rings is 2. The standard InChI is InChI=1S/C20H20F2N4O2S/c1-12-4-9-16(13(2)10-12)23-17(27)11-29-20-25-24-18(26(20)3)14-5-7-15(8-6-14)28-19(21)22/h4-10,19H,11H2,1-3H3,(H,23,27). The normalized spacial score (nSPS) is 11.0. The summed E-state index contributed by atoms with van der Waals surface area (Å²) in [6, 6.07) is 12.0. The van der Waals surface area contributed by atoms with Crippen molar-refractivity contribution in [2.45, 2.75) is 25.6 Å². The van der Waals surface area contributed by atoms with E-state index in [0.29, 0.717) is 16.5 Å². The molecule has 152 valence electrons. The molecule has 1 heterocycles. The summed E-state index contributed by atoms with van der Waals surface area (Å²) in [5.41, 5.74) is 3.62. The Morgan fingerprint density at radius 1 is 1.17 bits per heavy atom. The van der Waals surface area contributed by atoms with Crippen molar-refractivity contribution >= 4 is 23.4 Å². The van der Waals surface area contributed by atoms with E-state index in [-0.39, 0.29) is 17.4 Å². The summed E-state index contributed by atoms with van der Waals surface area (Å²) in [6.07, 6.45) is 0. The SMILES string of the molecule is Cc1ccc(NC(=O)CSc2nnc(-c3ccc(OC(F)F)cc3)n2C)c(C)c1. The van der Waals surface area contributed by atoms with Gasteiger partial charge in [-0.2, -0.15) is 8.78 Å². The van der Waals surface area contributed by atoms with Crippen LogP contribution in [0.3, 0.4) is 0 Å². The number of nitrogens with zero attached hydrogens (tertiary/aromatic N) is 3. The third kappa shape index (κ3) is 5.32. The van der Waals surface area contributed by atoms with Gasteiger partial charge in [0.05, 0.1) is 5.75 Å². The van der Waals surface area contributed by atoms with Crippen LogP contribution >= 0.6 is 11.8 Å². The van der Waals surface area contributed by atoms with E-state index in [9.17, 15) is 13.6 Å². The van der Waals surface area contributed by atoms with Gasteiger partial charge in [-0.15, -0.1) is 10.2 Å². The van der Waals surface area contributed by atoms with Gasteiger partial charge in [0, 0.05) is 18.3 Å². The van der Waals surface area contributed by atoms with Crippen LogP contribution in [0.15, 0.2) is 47.6 Å². The second-order valence-electron chi connectivity index (χ2n) is 6.42. The molecule has 0 aliphatic heterocycles. The monoisotopic (exact) mass is 418 g/mol. The number of aryl methyl sites for hydroxylation is 2. The van der Waals surface area contributed by atoms with Crippen molar-refractivity contribution in [1.29, 1.82) is 0 Å². The van der Waals surface area contributed by atoms with Crippen molar-refractivity contribution in [1.82, 2.24) is 14.8 Å². The third-order valence-corrected chi connectivity index (χ3v) is 5.18. The van der Waals surface area contributed by atoms with Crippen molar-refractivity contribution in [3.63, 3.8) is 0 Å². The Hall–Kier alpha value is -2.94. The summed E-state index contributed by atoms with van der Waals surface area (Å²) in [4.78, 5) is 12.3. The fourth-order valence-electron chi connectivity index (χ4n) is 2.75. The van der Waals surface area contributed by atoms with Crippen LogP contribution in [0.25, 0.3) is 11.4 Å². The van der Waals surface area contributed by atoms with E-state index in [0.717, 1.165) is 16.8 Å². The number of rotatable bonds is 7. The minimum Gasteiger partial charge on any atom is -0.435 e. The van der Waals surface area contributed by atoms with Gasteiger partial charge in [0.25, 0.3) is 0 Å². The van der Waals surface area contributed by atoms with Crippen LogP contribution in [0.4, 0.5) is 14.5 Å². The van der Waals surface area contributed by atoms with Gasteiger partial charge in [-0.1, -0.05) is 29.5 Å². The molecule has 0 saturated carbocycles. The molecule has 6 nitrogen and oxygen atoms in total. The van der Waals surface area contributed by atoms with Gasteiger partial charge >= 0.3 is 6.61 Å². The molecule has 0 aliphatic rings. The van der Waals surface area contributed by atoms with Crippen molar-refractivity contribution < 1.29 is 18.3 Å². The largest absolute Gasteiger partial charge is 0.435 e. The number of hydrogen-bond donors (Lipinski definition) is 1. The number of amides is 1. The Labute approximate surface area is 171 Å². The highest BCUT2D eigenvalue weighted by Crippen LogP contribution is 2.25. The average Bonchev–Trinajstić information content (AvgIpc) is 3.03. The molecule has 3 rings (SSSR count). The first kappa shape index (κ1) is 20.8. The lowest BCUT2D eigenvalue weighted by Crippen LogP contribution is -2.15. The van der Waals surface area contributed by atoms with Gasteiger partial charge in [0.1, 0.15) is 5.75 Å². The van der Waals surface area contributed by atoms with Crippen LogP contribution in [0.2, 0.25) is 0 Å². The van der Waals surface area contributed by atoms with Crippen LogP contribution in [0.5, 0.6) is 5.75 Å². The molecular formula is C20H20F2N4O2S. The molecule has 0 saturated heterocycles. The molecule has 0 radical (unpaired) electrons. The maximum atomic E-state index is 12.3. The molecule has 0 spiro atoms. The summed E-state index contributed by atoms with van der Waals surface area (Å²) < 4.78 is 30.6. The van der Waals surface area contributed by atoms with E-state index < -0.39 is 6.61 Å². The molecule has 0 unspecified atom stereocenters. The van der Waals surface area contributed by atoms with Gasteiger partial charge in [0.15, 0.2) is 11.0 Å². The van der Waals surface area contributed by atoms with Crippen molar-refractivity contribution in [3.05, 3.63) is 53.6 Å². The van der Waals surface area contributed by atoms with Crippen LogP contribution in [-0.2, 0) is 11.8 Å². The highest BCUT2D eigenvalue weighted by molar-refractivity contribution is 7.99. The lowest BCUT2D eigenvalue weighted by molar-refractivity contribution is -0.113. The minimum atomic E-state index is -2.87. The number of carbonyl (C=O) groups excluding carboxylic acids is 1. The summed E-state index contributed by atoms with van der Waals surface area (Å²) in [6.45, 7) is 1.08. The summed E-state index contributed by atoms with van der Waals surface area (Å²) >= 11 is 1.26. The zero-order valence-electron chi connectivity index (χ0n) is 16.1. The van der Waals surface area contributed by atoms with Crippen LogP contribution in [-0.4, -0.2) is 33.0 Å². The summed E-state index contributed by atoms with van der Waals surface area (Å²) in [7, 11) is 1.78. The lowest BCUT2D eigenvalue weighted by Gasteiger charge is -2.09. The number of aromatic nitrogens is 3. The lowest BCUT2D eigenvalue weighted by atomic mass is 10.1. The second-order valence-corrected chi connectivity index (χ2v) is 7.37. The van der Waals surface area contributed by atoms with Gasteiger partial charge in [0.2, 0.25) is 5.91 Å². The zero-order valence-corrected chi connectivity index (χ0v) is 17.0. The quantitative estimate of drug-likeness (QED) is 0.575. The molecule has 9 heteroatoms. The number of carbonyl (C=O) groups is 1. The number of nitrogens with one attached hydrogen (secondary N) is 1. The van der Waals surface area contributed by atoms with E-state index >= 15 is 0 Å². The maximum Gasteiger partial charge on any atom is 0.387 e.